The van der Waals surface area contributed by atoms with Crippen molar-refractivity contribution in [2.45, 2.75) is 3.79 Å². The molecule has 0 saturated heterocycles. The number of halogens is 4. The van der Waals surface area contributed by atoms with Crippen LogP contribution in [-0.4, -0.2) is 25.3 Å². The van der Waals surface area contributed by atoms with Crippen LogP contribution in [-0.2, 0) is 0 Å². The summed E-state index contributed by atoms with van der Waals surface area (Å²) in [5.41, 5.74) is 0.465. The lowest BCUT2D eigenvalue weighted by Gasteiger charge is -2.06. The average molecular weight is 352 g/mol. The highest BCUT2D eigenvalue weighted by molar-refractivity contribution is 6.77. The average Bonchev–Trinajstić information content (AvgIpc) is 2.86. The number of nitrogens with zero attached hydrogens (tertiary/aromatic N) is 1. The first-order valence-corrected chi connectivity index (χ1v) is 6.77. The van der Waals surface area contributed by atoms with Gasteiger partial charge in [0.15, 0.2) is 5.78 Å². The summed E-state index contributed by atoms with van der Waals surface area (Å²) in [5, 5.41) is 0.0768. The van der Waals surface area contributed by atoms with Crippen LogP contribution in [0.25, 0.3) is 0 Å². The predicted octanol–water partition coefficient (Wildman–Crippen LogP) is 3.85. The third kappa shape index (κ3) is 3.15. The number of rotatable bonds is 3. The number of aromatic amines is 1. The van der Waals surface area contributed by atoms with E-state index in [1.165, 1.54) is 24.5 Å². The molecule has 8 heteroatoms. The van der Waals surface area contributed by atoms with Gasteiger partial charge >= 0.3 is 0 Å². The van der Waals surface area contributed by atoms with Gasteiger partial charge in [0.05, 0.1) is 11.3 Å². The van der Waals surface area contributed by atoms with Gasteiger partial charge in [-0.1, -0.05) is 46.4 Å². The second kappa shape index (κ2) is 5.74. The van der Waals surface area contributed by atoms with Gasteiger partial charge in [-0.3, -0.25) is 9.59 Å². The number of carbonyl (C=O) groups excluding carboxylic acids is 2. The topological polar surface area (TPSA) is 62.8 Å². The van der Waals surface area contributed by atoms with E-state index < -0.39 is 9.58 Å². The third-order valence-corrected chi connectivity index (χ3v) is 3.27. The van der Waals surface area contributed by atoms with Crippen molar-refractivity contribution in [3.63, 3.8) is 0 Å². The van der Waals surface area contributed by atoms with Gasteiger partial charge in [-0.05, 0) is 18.2 Å². The first-order chi connectivity index (χ1) is 9.30. The fourth-order valence-corrected chi connectivity index (χ4v) is 2.03. The van der Waals surface area contributed by atoms with Gasteiger partial charge in [0.2, 0.25) is 5.78 Å². The third-order valence-electron chi connectivity index (χ3n) is 2.45. The van der Waals surface area contributed by atoms with Crippen LogP contribution >= 0.6 is 46.4 Å². The number of alkyl halides is 3. The number of carbonyl (C=O) groups is 2. The zero-order chi connectivity index (χ0) is 14.9. The van der Waals surface area contributed by atoms with Gasteiger partial charge < -0.3 is 4.98 Å². The molecule has 2 rings (SSSR count). The molecule has 104 valence electrons. The van der Waals surface area contributed by atoms with E-state index in [0.717, 1.165) is 0 Å². The van der Waals surface area contributed by atoms with E-state index in [2.05, 4.69) is 9.97 Å². The highest BCUT2D eigenvalue weighted by Gasteiger charge is 2.33. The molecule has 0 aromatic carbocycles. The quantitative estimate of drug-likeness (QED) is 0.519. The van der Waals surface area contributed by atoms with E-state index in [-0.39, 0.29) is 27.8 Å². The Labute approximate surface area is 134 Å². The fraction of sp³-hybridized carbons (Fsp3) is 0.0833. The van der Waals surface area contributed by atoms with Crippen molar-refractivity contribution in [2.24, 2.45) is 0 Å². The van der Waals surface area contributed by atoms with Gasteiger partial charge in [0.1, 0.15) is 5.15 Å². The standard InChI is InChI=1S/C12H6Cl4N2O2/c13-11-7(2-1-3-17-11)9(19)6-4-8(18-5-6)10(20)12(14,15)16/h1-5,18H. The van der Waals surface area contributed by atoms with E-state index in [1.54, 1.807) is 6.07 Å². The second-order valence-electron chi connectivity index (χ2n) is 3.80. The lowest BCUT2D eigenvalue weighted by atomic mass is 10.1. The molecule has 20 heavy (non-hydrogen) atoms. The zero-order valence-corrected chi connectivity index (χ0v) is 12.7. The molecule has 0 radical (unpaired) electrons. The number of Topliss-reactive ketones (excluding diaryl/α,β-unsaturated/α-hetero) is 1. The van der Waals surface area contributed by atoms with Crippen molar-refractivity contribution in [1.82, 2.24) is 9.97 Å². The van der Waals surface area contributed by atoms with Crippen molar-refractivity contribution < 1.29 is 9.59 Å². The minimum Gasteiger partial charge on any atom is -0.358 e. The van der Waals surface area contributed by atoms with Gasteiger partial charge in [-0.25, -0.2) is 4.98 Å². The molecule has 2 heterocycles. The molecule has 4 nitrogen and oxygen atoms in total. The van der Waals surface area contributed by atoms with Crippen LogP contribution in [0.15, 0.2) is 30.6 Å². The first kappa shape index (κ1) is 15.3. The van der Waals surface area contributed by atoms with Crippen molar-refractivity contribution in [1.29, 1.82) is 0 Å². The molecule has 0 atom stereocenters. The predicted molar refractivity (Wildman–Crippen MR) is 78.1 cm³/mol. The molecule has 0 aliphatic rings. The number of hydrogen-bond acceptors (Lipinski definition) is 3. The van der Waals surface area contributed by atoms with Crippen LogP contribution in [0.1, 0.15) is 26.4 Å². The van der Waals surface area contributed by atoms with Crippen molar-refractivity contribution in [2.75, 3.05) is 0 Å². The lowest BCUT2D eigenvalue weighted by Crippen LogP contribution is -2.19. The minimum atomic E-state index is -2.09. The molecule has 0 fully saturated rings. The molecule has 2 aromatic rings. The van der Waals surface area contributed by atoms with Crippen molar-refractivity contribution in [3.05, 3.63) is 52.6 Å². The Bertz CT molecular complexity index is 676. The number of ketones is 2. The molecular weight excluding hydrogens is 346 g/mol. The van der Waals surface area contributed by atoms with Crippen LogP contribution in [0.2, 0.25) is 5.15 Å². The Morgan fingerprint density at radius 1 is 1.25 bits per heavy atom. The summed E-state index contributed by atoms with van der Waals surface area (Å²) in [4.78, 5) is 30.3. The Kier molecular flexibility index (Phi) is 4.39. The van der Waals surface area contributed by atoms with Crippen molar-refractivity contribution >= 4 is 58.0 Å². The highest BCUT2D eigenvalue weighted by Crippen LogP contribution is 2.30. The molecule has 0 spiro atoms. The summed E-state index contributed by atoms with van der Waals surface area (Å²) < 4.78 is -2.09. The SMILES string of the molecule is O=C(c1c[nH]c(C(=O)C(Cl)(Cl)Cl)c1)c1cccnc1Cl. The van der Waals surface area contributed by atoms with Gasteiger partial charge in [-0.2, -0.15) is 0 Å². The summed E-state index contributed by atoms with van der Waals surface area (Å²) in [6.07, 6.45) is 2.81. The number of nitrogens with one attached hydrogen (secondary N) is 1. The monoisotopic (exact) mass is 350 g/mol. The fourth-order valence-electron chi connectivity index (χ4n) is 1.52. The molecule has 0 aliphatic carbocycles. The molecule has 1 N–H and O–H groups in total. The summed E-state index contributed by atoms with van der Waals surface area (Å²) in [6.45, 7) is 0. The number of pyridine rings is 1. The van der Waals surface area contributed by atoms with Crippen LogP contribution in [0.3, 0.4) is 0 Å². The molecule has 0 saturated carbocycles. The minimum absolute atomic E-state index is 0.0216. The maximum absolute atomic E-state index is 12.2. The summed E-state index contributed by atoms with van der Waals surface area (Å²) in [5.74, 6) is -1.14. The van der Waals surface area contributed by atoms with E-state index in [9.17, 15) is 9.59 Å². The van der Waals surface area contributed by atoms with Gasteiger partial charge in [-0.15, -0.1) is 0 Å². The second-order valence-corrected chi connectivity index (χ2v) is 6.44. The van der Waals surface area contributed by atoms with E-state index in [4.69, 9.17) is 46.4 Å². The molecule has 2 aromatic heterocycles. The largest absolute Gasteiger partial charge is 0.358 e. The van der Waals surface area contributed by atoms with E-state index >= 15 is 0 Å². The molecule has 0 aliphatic heterocycles. The molecule has 0 bridgehead atoms. The Hall–Kier alpha value is -1.07. The maximum Gasteiger partial charge on any atom is 0.254 e. The highest BCUT2D eigenvalue weighted by atomic mass is 35.6. The molecule has 0 amide bonds. The first-order valence-electron chi connectivity index (χ1n) is 5.26. The number of H-pyrrole nitrogens is 1. The molecule has 0 unspecified atom stereocenters. The Balaban J connectivity index is 2.33. The van der Waals surface area contributed by atoms with Gasteiger partial charge in [0, 0.05) is 18.0 Å². The van der Waals surface area contributed by atoms with Crippen LogP contribution in [0, 0.1) is 0 Å². The summed E-state index contributed by atoms with van der Waals surface area (Å²) in [6, 6.07) is 4.41. The maximum atomic E-state index is 12.2. The van der Waals surface area contributed by atoms with Crippen LogP contribution < -0.4 is 0 Å². The number of aromatic nitrogens is 2. The number of hydrogen-bond donors (Lipinski definition) is 1. The van der Waals surface area contributed by atoms with Crippen LogP contribution in [0.5, 0.6) is 0 Å². The Morgan fingerprint density at radius 3 is 2.55 bits per heavy atom. The summed E-state index contributed by atoms with van der Waals surface area (Å²) >= 11 is 22.3. The van der Waals surface area contributed by atoms with Crippen molar-refractivity contribution in [3.8, 4) is 0 Å². The van der Waals surface area contributed by atoms with Gasteiger partial charge in [0.25, 0.3) is 3.79 Å². The zero-order valence-electron chi connectivity index (χ0n) is 9.66. The van der Waals surface area contributed by atoms with E-state index in [0.29, 0.717) is 0 Å². The van der Waals surface area contributed by atoms with E-state index in [1.807, 2.05) is 0 Å². The smallest absolute Gasteiger partial charge is 0.254 e. The summed E-state index contributed by atoms with van der Waals surface area (Å²) in [7, 11) is 0. The van der Waals surface area contributed by atoms with Crippen LogP contribution in [0.4, 0.5) is 0 Å². The molecular formula is C12H6Cl4N2O2. The lowest BCUT2D eigenvalue weighted by molar-refractivity contribution is 0.0992. The Morgan fingerprint density at radius 2 is 1.95 bits per heavy atom. The normalized spacial score (nSPS) is 11.4.